The number of sulfone groups is 1. The molecule has 0 bridgehead atoms. The average Bonchev–Trinajstić information content (AvgIpc) is 2.30. The van der Waals surface area contributed by atoms with Crippen molar-refractivity contribution in [1.82, 2.24) is 0 Å². The minimum atomic E-state index is -3.67. The van der Waals surface area contributed by atoms with Gasteiger partial charge >= 0.3 is 0 Å². The zero-order valence-electron chi connectivity index (χ0n) is 9.04. The molecule has 2 unspecified atom stereocenters. The van der Waals surface area contributed by atoms with Crippen LogP contribution in [0.2, 0.25) is 0 Å². The van der Waals surface area contributed by atoms with E-state index in [2.05, 4.69) is 0 Å². The summed E-state index contributed by atoms with van der Waals surface area (Å²) in [6.07, 6.45) is -0.635. The van der Waals surface area contributed by atoms with E-state index in [4.69, 9.17) is 4.74 Å². The molecule has 1 saturated heterocycles. The molecule has 6 heteroatoms. The van der Waals surface area contributed by atoms with E-state index in [-0.39, 0.29) is 11.5 Å². The molecule has 0 radical (unpaired) electrons. The maximum Gasteiger partial charge on any atom is 0.186 e. The Labute approximate surface area is 98.9 Å². The van der Waals surface area contributed by atoms with Crippen LogP contribution in [0.3, 0.4) is 0 Å². The monoisotopic (exact) mass is 260 g/mol. The van der Waals surface area contributed by atoms with Gasteiger partial charge in [0.2, 0.25) is 0 Å². The molecule has 1 heterocycles. The van der Waals surface area contributed by atoms with Gasteiger partial charge in [-0.05, 0) is 30.7 Å². The van der Waals surface area contributed by atoms with Crippen LogP contribution in [0.4, 0.5) is 4.39 Å². The fraction of sp³-hybridized carbons (Fsp3) is 0.455. The van der Waals surface area contributed by atoms with Crippen molar-refractivity contribution in [3.63, 3.8) is 0 Å². The van der Waals surface area contributed by atoms with Crippen LogP contribution < -0.4 is 0 Å². The van der Waals surface area contributed by atoms with Crippen LogP contribution in [0.15, 0.2) is 29.2 Å². The Bertz CT molecular complexity index is 483. The molecule has 0 saturated carbocycles. The highest BCUT2D eigenvalue weighted by Gasteiger charge is 2.36. The summed E-state index contributed by atoms with van der Waals surface area (Å²) in [5.74, 6) is -0.496. The Kier molecular flexibility index (Phi) is 3.46. The standard InChI is InChI=1S/C11H13FO4S/c12-8-1-3-9(4-2-8)17(14,15)11-7-16-6-5-10(11)13/h1-4,10-11,13H,5-7H2. The van der Waals surface area contributed by atoms with Crippen LogP contribution in [-0.2, 0) is 14.6 Å². The third-order valence-corrected chi connectivity index (χ3v) is 4.99. The third-order valence-electron chi connectivity index (χ3n) is 2.81. The SMILES string of the molecule is O=S(=O)(c1ccc(F)cc1)C1COCCC1O. The molecular weight excluding hydrogens is 247 g/mol. The number of hydrogen-bond acceptors (Lipinski definition) is 4. The van der Waals surface area contributed by atoms with Gasteiger partial charge in [0, 0.05) is 6.61 Å². The fourth-order valence-corrected chi connectivity index (χ4v) is 3.49. The van der Waals surface area contributed by atoms with Gasteiger partial charge in [-0.25, -0.2) is 12.8 Å². The zero-order chi connectivity index (χ0) is 12.5. The van der Waals surface area contributed by atoms with Crippen molar-refractivity contribution in [3.8, 4) is 0 Å². The van der Waals surface area contributed by atoms with E-state index in [9.17, 15) is 17.9 Å². The van der Waals surface area contributed by atoms with Crippen LogP contribution >= 0.6 is 0 Å². The topological polar surface area (TPSA) is 63.6 Å². The van der Waals surface area contributed by atoms with Crippen LogP contribution in [0.25, 0.3) is 0 Å². The van der Waals surface area contributed by atoms with Crippen LogP contribution in [-0.4, -0.2) is 38.1 Å². The van der Waals surface area contributed by atoms with Crippen molar-refractivity contribution < 1.29 is 22.7 Å². The number of hydrogen-bond donors (Lipinski definition) is 1. The van der Waals surface area contributed by atoms with E-state index in [1.54, 1.807) is 0 Å². The van der Waals surface area contributed by atoms with Crippen LogP contribution in [0, 0.1) is 5.82 Å². The number of benzene rings is 1. The van der Waals surface area contributed by atoms with Gasteiger partial charge in [-0.2, -0.15) is 0 Å². The first-order valence-corrected chi connectivity index (χ1v) is 6.82. The number of ether oxygens (including phenoxy) is 1. The predicted molar refractivity (Wildman–Crippen MR) is 58.8 cm³/mol. The van der Waals surface area contributed by atoms with Crippen molar-refractivity contribution in [2.45, 2.75) is 22.7 Å². The number of rotatable bonds is 2. The minimum absolute atomic E-state index is 0.00782. The molecule has 0 aromatic heterocycles. The second kappa shape index (κ2) is 4.72. The van der Waals surface area contributed by atoms with Crippen molar-refractivity contribution in [1.29, 1.82) is 0 Å². The van der Waals surface area contributed by atoms with E-state index >= 15 is 0 Å². The lowest BCUT2D eigenvalue weighted by Crippen LogP contribution is -2.42. The minimum Gasteiger partial charge on any atom is -0.392 e. The first kappa shape index (κ1) is 12.5. The van der Waals surface area contributed by atoms with Gasteiger partial charge in [0.05, 0.1) is 17.6 Å². The predicted octanol–water partition coefficient (Wildman–Crippen LogP) is 0.749. The summed E-state index contributed by atoms with van der Waals surface area (Å²) in [7, 11) is -3.67. The Morgan fingerprint density at radius 3 is 2.53 bits per heavy atom. The maximum atomic E-state index is 12.7. The molecule has 0 spiro atoms. The fourth-order valence-electron chi connectivity index (χ4n) is 1.80. The van der Waals surface area contributed by atoms with Gasteiger partial charge in [-0.1, -0.05) is 0 Å². The van der Waals surface area contributed by atoms with Crippen LogP contribution in [0.5, 0.6) is 0 Å². The van der Waals surface area contributed by atoms with Gasteiger partial charge in [0.15, 0.2) is 9.84 Å². The van der Waals surface area contributed by atoms with Gasteiger partial charge in [0.1, 0.15) is 11.1 Å². The Balaban J connectivity index is 2.32. The average molecular weight is 260 g/mol. The van der Waals surface area contributed by atoms with Crippen molar-refractivity contribution >= 4 is 9.84 Å². The summed E-state index contributed by atoms with van der Waals surface area (Å²) in [5, 5.41) is 8.72. The number of aliphatic hydroxyl groups excluding tert-OH is 1. The van der Waals surface area contributed by atoms with E-state index in [1.165, 1.54) is 12.1 Å². The molecule has 1 fully saturated rings. The first-order valence-electron chi connectivity index (χ1n) is 5.27. The number of halogens is 1. The summed E-state index contributed by atoms with van der Waals surface area (Å²) >= 11 is 0. The molecule has 0 aliphatic carbocycles. The lowest BCUT2D eigenvalue weighted by Gasteiger charge is -2.27. The summed E-state index contributed by atoms with van der Waals surface area (Å²) in [6, 6.07) is 4.57. The third kappa shape index (κ3) is 2.48. The van der Waals surface area contributed by atoms with E-state index in [0.717, 1.165) is 12.1 Å². The quantitative estimate of drug-likeness (QED) is 0.797. The molecule has 1 aliphatic heterocycles. The Hall–Kier alpha value is -0.980. The zero-order valence-corrected chi connectivity index (χ0v) is 9.86. The van der Waals surface area contributed by atoms with Gasteiger partial charge in [0.25, 0.3) is 0 Å². The summed E-state index contributed by atoms with van der Waals surface area (Å²) < 4.78 is 42.1. The second-order valence-electron chi connectivity index (χ2n) is 3.97. The Morgan fingerprint density at radius 2 is 1.94 bits per heavy atom. The molecule has 1 aliphatic rings. The highest BCUT2D eigenvalue weighted by atomic mass is 32.2. The smallest absolute Gasteiger partial charge is 0.186 e. The van der Waals surface area contributed by atoms with Gasteiger partial charge < -0.3 is 9.84 Å². The van der Waals surface area contributed by atoms with Crippen molar-refractivity contribution in [2.24, 2.45) is 0 Å². The lowest BCUT2D eigenvalue weighted by molar-refractivity contribution is 0.0175. The van der Waals surface area contributed by atoms with Gasteiger partial charge in [-0.3, -0.25) is 0 Å². The van der Waals surface area contributed by atoms with E-state index in [0.29, 0.717) is 13.0 Å². The van der Waals surface area contributed by atoms with Gasteiger partial charge in [-0.15, -0.1) is 0 Å². The Morgan fingerprint density at radius 1 is 1.29 bits per heavy atom. The van der Waals surface area contributed by atoms with Crippen LogP contribution in [0.1, 0.15) is 6.42 Å². The molecule has 1 aromatic carbocycles. The normalized spacial score (nSPS) is 25.8. The summed E-state index contributed by atoms with van der Waals surface area (Å²) in [6.45, 7) is 0.331. The largest absolute Gasteiger partial charge is 0.392 e. The van der Waals surface area contributed by atoms with Crippen molar-refractivity contribution in [3.05, 3.63) is 30.1 Å². The molecule has 94 valence electrons. The summed E-state index contributed by atoms with van der Waals surface area (Å²) in [4.78, 5) is 0.00782. The highest BCUT2D eigenvalue weighted by molar-refractivity contribution is 7.92. The lowest BCUT2D eigenvalue weighted by atomic mass is 10.1. The molecule has 1 aromatic rings. The molecule has 17 heavy (non-hydrogen) atoms. The molecule has 0 amide bonds. The maximum absolute atomic E-state index is 12.7. The number of aliphatic hydroxyl groups is 1. The molecular formula is C11H13FO4S. The van der Waals surface area contributed by atoms with E-state index < -0.39 is 27.0 Å². The highest BCUT2D eigenvalue weighted by Crippen LogP contribution is 2.23. The van der Waals surface area contributed by atoms with E-state index in [1.807, 2.05) is 0 Å². The molecule has 2 atom stereocenters. The molecule has 4 nitrogen and oxygen atoms in total. The second-order valence-corrected chi connectivity index (χ2v) is 6.14. The molecule has 1 N–H and O–H groups in total. The van der Waals surface area contributed by atoms with Crippen molar-refractivity contribution in [2.75, 3.05) is 13.2 Å². The molecule has 2 rings (SSSR count). The summed E-state index contributed by atoms with van der Waals surface area (Å²) in [5.41, 5.74) is 0. The first-order chi connectivity index (χ1) is 8.01.